The molecule has 0 saturated heterocycles. The first-order valence-corrected chi connectivity index (χ1v) is 17.5. The Morgan fingerprint density at radius 3 is 1.91 bits per heavy atom. The summed E-state index contributed by atoms with van der Waals surface area (Å²) in [5, 5.41) is 7.84. The smallest absolute Gasteiger partial charge is 0.0543 e. The van der Waals surface area contributed by atoms with Crippen molar-refractivity contribution in [2.45, 2.75) is 19.3 Å². The van der Waals surface area contributed by atoms with E-state index in [1.54, 1.807) is 0 Å². The molecule has 3 heteroatoms. The van der Waals surface area contributed by atoms with Crippen molar-refractivity contribution >= 4 is 90.9 Å². The molecule has 0 aliphatic heterocycles. The van der Waals surface area contributed by atoms with E-state index in [2.05, 4.69) is 158 Å². The van der Waals surface area contributed by atoms with Crippen LogP contribution in [0.2, 0.25) is 0 Å². The molecule has 218 valence electrons. The molecule has 1 aliphatic carbocycles. The van der Waals surface area contributed by atoms with Gasteiger partial charge in [-0.3, -0.25) is 0 Å². The molecule has 2 aromatic heterocycles. The highest BCUT2D eigenvalue weighted by Gasteiger charge is 2.37. The molecule has 1 nitrogen and oxygen atoms in total. The standard InChI is InChI=1S/C43H29NS2/c1-43(2)35-13-6-3-12-33(35)42-36(43)14-9-15-37(42)44(29-20-21-32-30-10-4-7-16-38(30)46-41(32)25-29)28-19-18-26-24-40-34(23-27(26)22-28)31-11-5-8-17-39(31)45-40/h3-25H,1-2H3. The van der Waals surface area contributed by atoms with Crippen LogP contribution in [0.5, 0.6) is 0 Å². The van der Waals surface area contributed by atoms with Crippen molar-refractivity contribution in [1.29, 1.82) is 0 Å². The Hall–Kier alpha value is -4.96. The van der Waals surface area contributed by atoms with Gasteiger partial charge in [0.05, 0.1) is 5.69 Å². The summed E-state index contributed by atoms with van der Waals surface area (Å²) in [5.41, 5.74) is 8.93. The van der Waals surface area contributed by atoms with Crippen molar-refractivity contribution in [2.75, 3.05) is 4.90 Å². The minimum absolute atomic E-state index is 0.0714. The summed E-state index contributed by atoms with van der Waals surface area (Å²) in [6.07, 6.45) is 0. The van der Waals surface area contributed by atoms with Gasteiger partial charge in [0.15, 0.2) is 0 Å². The zero-order chi connectivity index (χ0) is 30.6. The molecule has 2 heterocycles. The van der Waals surface area contributed by atoms with Crippen molar-refractivity contribution in [3.05, 3.63) is 151 Å². The topological polar surface area (TPSA) is 3.24 Å². The van der Waals surface area contributed by atoms with Crippen LogP contribution in [0.15, 0.2) is 140 Å². The van der Waals surface area contributed by atoms with E-state index in [9.17, 15) is 0 Å². The molecule has 0 bridgehead atoms. The Morgan fingerprint density at radius 1 is 0.457 bits per heavy atom. The average molecular weight is 624 g/mol. The lowest BCUT2D eigenvalue weighted by molar-refractivity contribution is 0.660. The van der Waals surface area contributed by atoms with Gasteiger partial charge < -0.3 is 4.90 Å². The maximum Gasteiger partial charge on any atom is 0.0543 e. The van der Waals surface area contributed by atoms with Gasteiger partial charge in [0.2, 0.25) is 0 Å². The third kappa shape index (κ3) is 3.67. The summed E-state index contributed by atoms with van der Waals surface area (Å²) in [4.78, 5) is 2.50. The maximum atomic E-state index is 2.50. The highest BCUT2D eigenvalue weighted by atomic mass is 32.1. The predicted molar refractivity (Wildman–Crippen MR) is 202 cm³/mol. The summed E-state index contributed by atoms with van der Waals surface area (Å²) in [7, 11) is 0. The molecule has 0 saturated carbocycles. The number of hydrogen-bond acceptors (Lipinski definition) is 3. The van der Waals surface area contributed by atoms with E-state index in [0.29, 0.717) is 0 Å². The molecular weight excluding hydrogens is 595 g/mol. The number of nitrogens with zero attached hydrogens (tertiary/aromatic N) is 1. The maximum absolute atomic E-state index is 2.50. The molecule has 46 heavy (non-hydrogen) atoms. The Labute approximate surface area is 275 Å². The lowest BCUT2D eigenvalue weighted by Gasteiger charge is -2.29. The van der Waals surface area contributed by atoms with Gasteiger partial charge >= 0.3 is 0 Å². The summed E-state index contributed by atoms with van der Waals surface area (Å²) in [6, 6.07) is 52.2. The highest BCUT2D eigenvalue weighted by Crippen LogP contribution is 2.54. The SMILES string of the molecule is CC1(C)c2ccccc2-c2c(N(c3ccc4cc5sc6ccccc6c5cc4c3)c3ccc4c(c3)sc3ccccc34)cccc21. The lowest BCUT2D eigenvalue weighted by Crippen LogP contribution is -2.16. The number of thiophene rings is 2. The lowest BCUT2D eigenvalue weighted by atomic mass is 9.82. The molecule has 0 fully saturated rings. The monoisotopic (exact) mass is 623 g/mol. The number of rotatable bonds is 3. The van der Waals surface area contributed by atoms with Crippen molar-refractivity contribution < 1.29 is 0 Å². The van der Waals surface area contributed by atoms with Gasteiger partial charge in [0, 0.05) is 62.7 Å². The first-order valence-electron chi connectivity index (χ1n) is 15.8. The largest absolute Gasteiger partial charge is 0.310 e. The van der Waals surface area contributed by atoms with Crippen LogP contribution in [-0.4, -0.2) is 0 Å². The first-order chi connectivity index (χ1) is 22.5. The van der Waals surface area contributed by atoms with Gasteiger partial charge in [-0.05, 0) is 82.1 Å². The van der Waals surface area contributed by atoms with Crippen molar-refractivity contribution in [1.82, 2.24) is 0 Å². The fourth-order valence-corrected chi connectivity index (χ4v) is 10.1. The second-order valence-electron chi connectivity index (χ2n) is 13.0. The molecule has 0 spiro atoms. The Kier molecular flexibility index (Phi) is 5.44. The van der Waals surface area contributed by atoms with Crippen molar-refractivity contribution in [3.63, 3.8) is 0 Å². The quantitative estimate of drug-likeness (QED) is 0.189. The van der Waals surface area contributed by atoms with Gasteiger partial charge in [0.25, 0.3) is 0 Å². The van der Waals surface area contributed by atoms with Crippen LogP contribution < -0.4 is 4.90 Å². The highest BCUT2D eigenvalue weighted by molar-refractivity contribution is 7.26. The van der Waals surface area contributed by atoms with Gasteiger partial charge in [-0.15, -0.1) is 22.7 Å². The molecule has 0 unspecified atom stereocenters. The van der Waals surface area contributed by atoms with Gasteiger partial charge in [-0.25, -0.2) is 0 Å². The zero-order valence-corrected chi connectivity index (χ0v) is 27.2. The number of anilines is 3. The second-order valence-corrected chi connectivity index (χ2v) is 15.1. The molecule has 0 atom stereocenters. The predicted octanol–water partition coefficient (Wildman–Crippen LogP) is 13.4. The van der Waals surface area contributed by atoms with Crippen LogP contribution in [0.1, 0.15) is 25.0 Å². The van der Waals surface area contributed by atoms with Crippen LogP contribution in [-0.2, 0) is 5.41 Å². The van der Waals surface area contributed by atoms with Crippen LogP contribution in [0.25, 0.3) is 62.2 Å². The second kappa shape index (κ2) is 9.53. The third-order valence-corrected chi connectivity index (χ3v) is 12.3. The van der Waals surface area contributed by atoms with E-state index in [4.69, 9.17) is 0 Å². The van der Waals surface area contributed by atoms with Crippen molar-refractivity contribution in [3.8, 4) is 11.1 Å². The Morgan fingerprint density at radius 2 is 1.09 bits per heavy atom. The van der Waals surface area contributed by atoms with Crippen LogP contribution in [0.3, 0.4) is 0 Å². The summed E-state index contributed by atoms with van der Waals surface area (Å²) < 4.78 is 5.32. The van der Waals surface area contributed by atoms with E-state index >= 15 is 0 Å². The van der Waals surface area contributed by atoms with Gasteiger partial charge in [0.1, 0.15) is 0 Å². The number of fused-ring (bicyclic) bond motifs is 10. The minimum Gasteiger partial charge on any atom is -0.310 e. The molecule has 7 aromatic carbocycles. The molecular formula is C43H29NS2. The zero-order valence-electron chi connectivity index (χ0n) is 25.5. The van der Waals surface area contributed by atoms with E-state index < -0.39 is 0 Å². The van der Waals surface area contributed by atoms with Crippen LogP contribution in [0, 0.1) is 0 Å². The fraction of sp³-hybridized carbons (Fsp3) is 0.0698. The number of hydrogen-bond donors (Lipinski definition) is 0. The molecule has 10 rings (SSSR count). The van der Waals surface area contributed by atoms with Crippen LogP contribution in [0.4, 0.5) is 17.1 Å². The van der Waals surface area contributed by atoms with Gasteiger partial charge in [-0.2, -0.15) is 0 Å². The van der Waals surface area contributed by atoms with E-state index in [1.165, 1.54) is 90.4 Å². The summed E-state index contributed by atoms with van der Waals surface area (Å²) in [6.45, 7) is 4.73. The van der Waals surface area contributed by atoms with E-state index in [1.807, 2.05) is 22.7 Å². The third-order valence-electron chi connectivity index (χ3n) is 10.0. The molecule has 0 radical (unpaired) electrons. The summed E-state index contributed by atoms with van der Waals surface area (Å²) in [5.74, 6) is 0. The fourth-order valence-electron chi connectivity index (χ4n) is 7.80. The summed E-state index contributed by atoms with van der Waals surface area (Å²) >= 11 is 3.76. The molecule has 0 N–H and O–H groups in total. The average Bonchev–Trinajstić information content (AvgIpc) is 3.71. The van der Waals surface area contributed by atoms with E-state index in [0.717, 1.165) is 0 Å². The van der Waals surface area contributed by atoms with Crippen LogP contribution >= 0.6 is 22.7 Å². The Balaban J connectivity index is 1.25. The van der Waals surface area contributed by atoms with Gasteiger partial charge in [-0.1, -0.05) is 98.8 Å². The first kappa shape index (κ1) is 26.3. The Bertz CT molecular complexity index is 2690. The molecule has 9 aromatic rings. The molecule has 1 aliphatic rings. The normalized spacial score (nSPS) is 13.6. The van der Waals surface area contributed by atoms with E-state index in [-0.39, 0.29) is 5.41 Å². The van der Waals surface area contributed by atoms with Crippen molar-refractivity contribution in [2.24, 2.45) is 0 Å². The number of benzene rings is 7. The molecule has 0 amide bonds. The minimum atomic E-state index is -0.0714.